The predicted octanol–water partition coefficient (Wildman–Crippen LogP) is 5.22. The number of benzene rings is 1. The number of aryl methyl sites for hydroxylation is 1. The number of amides is 1. The van der Waals surface area contributed by atoms with Crippen LogP contribution in [0.3, 0.4) is 0 Å². The number of fused-ring (bicyclic) bond motifs is 1. The minimum atomic E-state index is -3.13. The molecule has 0 atom stereocenters. The molecule has 4 aromatic heterocycles. The lowest BCUT2D eigenvalue weighted by Gasteiger charge is -2.13. The Morgan fingerprint density at radius 1 is 1.08 bits per heavy atom. The van der Waals surface area contributed by atoms with E-state index in [1.54, 1.807) is 30.1 Å². The van der Waals surface area contributed by atoms with Crippen LogP contribution in [-0.4, -0.2) is 42.2 Å². The van der Waals surface area contributed by atoms with Gasteiger partial charge in [0.05, 0.1) is 11.1 Å². The molecule has 0 bridgehead atoms. The monoisotopic (exact) mass is 513 g/mol. The molecule has 0 aliphatic heterocycles. The van der Waals surface area contributed by atoms with Crippen molar-refractivity contribution in [3.05, 3.63) is 78.5 Å². The summed E-state index contributed by atoms with van der Waals surface area (Å²) in [6, 6.07) is 14.3. The topological polar surface area (TPSA) is 108 Å². The van der Waals surface area contributed by atoms with E-state index in [4.69, 9.17) is 0 Å². The molecule has 0 spiro atoms. The van der Waals surface area contributed by atoms with Gasteiger partial charge in [-0.3, -0.25) is 14.5 Å². The van der Waals surface area contributed by atoms with E-state index in [-0.39, 0.29) is 28.2 Å². The van der Waals surface area contributed by atoms with Gasteiger partial charge in [-0.05, 0) is 25.0 Å². The normalized spacial score (nSPS) is 13.2. The number of aromatic nitrogens is 6. The molecule has 9 nitrogen and oxygen atoms in total. The minimum Gasteiger partial charge on any atom is -0.431 e. The van der Waals surface area contributed by atoms with Crippen molar-refractivity contribution in [3.8, 4) is 28.3 Å². The van der Waals surface area contributed by atoms with Crippen molar-refractivity contribution in [2.75, 3.05) is 5.32 Å². The first-order valence-corrected chi connectivity index (χ1v) is 11.9. The number of nitrogens with zero attached hydrogens (tertiary/aromatic N) is 6. The summed E-state index contributed by atoms with van der Waals surface area (Å²) in [4.78, 5) is 30.5. The summed E-state index contributed by atoms with van der Waals surface area (Å²) in [7, 11) is 1.79. The third kappa shape index (κ3) is 4.65. The lowest BCUT2D eigenvalue weighted by atomic mass is 10.0. The summed E-state index contributed by atoms with van der Waals surface area (Å²) >= 11 is 0. The van der Waals surface area contributed by atoms with Gasteiger partial charge < -0.3 is 10.1 Å². The van der Waals surface area contributed by atoms with E-state index in [9.17, 15) is 13.6 Å². The van der Waals surface area contributed by atoms with E-state index in [2.05, 4.69) is 35.1 Å². The molecule has 1 N–H and O–H groups in total. The second-order valence-electron chi connectivity index (χ2n) is 8.93. The smallest absolute Gasteiger partial charge is 0.387 e. The average molecular weight is 514 g/mol. The van der Waals surface area contributed by atoms with Crippen molar-refractivity contribution in [2.24, 2.45) is 7.05 Å². The zero-order valence-electron chi connectivity index (χ0n) is 20.2. The van der Waals surface area contributed by atoms with Crippen LogP contribution in [0.5, 0.6) is 5.75 Å². The van der Waals surface area contributed by atoms with Crippen LogP contribution in [0.15, 0.2) is 67.3 Å². The maximum Gasteiger partial charge on any atom is 0.387 e. The van der Waals surface area contributed by atoms with Gasteiger partial charge in [0.1, 0.15) is 23.2 Å². The Hall–Kier alpha value is -4.80. The van der Waals surface area contributed by atoms with Crippen LogP contribution in [0.4, 0.5) is 14.6 Å². The number of anilines is 1. The van der Waals surface area contributed by atoms with Gasteiger partial charge in [0.25, 0.3) is 5.91 Å². The van der Waals surface area contributed by atoms with Gasteiger partial charge in [-0.2, -0.15) is 13.9 Å². The second kappa shape index (κ2) is 9.58. The Bertz CT molecular complexity index is 1640. The molecule has 1 aliphatic carbocycles. The predicted molar refractivity (Wildman–Crippen MR) is 136 cm³/mol. The Morgan fingerprint density at radius 3 is 2.61 bits per heavy atom. The van der Waals surface area contributed by atoms with Crippen molar-refractivity contribution in [1.82, 2.24) is 29.7 Å². The highest BCUT2D eigenvalue weighted by Gasteiger charge is 2.25. The Labute approximate surface area is 215 Å². The van der Waals surface area contributed by atoms with Crippen LogP contribution in [0.25, 0.3) is 33.5 Å². The summed E-state index contributed by atoms with van der Waals surface area (Å²) in [5.41, 5.74) is 4.37. The SMILES string of the molecule is Cn1cc(-c2ncnc3cc(OC(F)F)c(NC(=O)c4ccc(C5CC5)nc4)nc23)c(-c2ccccc2)n1. The second-order valence-corrected chi connectivity index (χ2v) is 8.93. The quantitative estimate of drug-likeness (QED) is 0.318. The first kappa shape index (κ1) is 23.6. The van der Waals surface area contributed by atoms with Gasteiger partial charge in [-0.15, -0.1) is 0 Å². The van der Waals surface area contributed by atoms with Crippen LogP contribution < -0.4 is 10.1 Å². The molecule has 0 unspecified atom stereocenters. The van der Waals surface area contributed by atoms with Gasteiger partial charge in [0.2, 0.25) is 0 Å². The third-order valence-corrected chi connectivity index (χ3v) is 6.20. The van der Waals surface area contributed by atoms with Gasteiger partial charge >= 0.3 is 6.61 Å². The average Bonchev–Trinajstić information content (AvgIpc) is 3.70. The highest BCUT2D eigenvalue weighted by atomic mass is 19.3. The van der Waals surface area contributed by atoms with Crippen molar-refractivity contribution in [1.29, 1.82) is 0 Å². The van der Waals surface area contributed by atoms with E-state index in [1.165, 1.54) is 18.6 Å². The molecule has 4 heterocycles. The number of carbonyl (C=O) groups excluding carboxylic acids is 1. The molecule has 6 rings (SSSR count). The lowest BCUT2D eigenvalue weighted by Crippen LogP contribution is -2.16. The molecule has 1 amide bonds. The van der Waals surface area contributed by atoms with Gasteiger partial charge in [0.15, 0.2) is 11.6 Å². The number of pyridine rings is 2. The maximum atomic E-state index is 13.3. The molecule has 5 aromatic rings. The number of hydrogen-bond acceptors (Lipinski definition) is 7. The van der Waals surface area contributed by atoms with Crippen LogP contribution in [0, 0.1) is 0 Å². The van der Waals surface area contributed by atoms with Crippen LogP contribution in [-0.2, 0) is 7.05 Å². The Kier molecular flexibility index (Phi) is 5.95. The van der Waals surface area contributed by atoms with Gasteiger partial charge in [-0.25, -0.2) is 15.0 Å². The number of ether oxygens (including phenoxy) is 1. The summed E-state index contributed by atoms with van der Waals surface area (Å²) in [6.07, 6.45) is 6.75. The van der Waals surface area contributed by atoms with E-state index >= 15 is 0 Å². The molecule has 0 radical (unpaired) electrons. The molecule has 0 saturated heterocycles. The van der Waals surface area contributed by atoms with Crippen molar-refractivity contribution in [2.45, 2.75) is 25.4 Å². The molecule has 1 fully saturated rings. The number of rotatable bonds is 7. The summed E-state index contributed by atoms with van der Waals surface area (Å²) < 4.78 is 32.9. The first-order chi connectivity index (χ1) is 18.5. The molecular formula is C27H21F2N7O2. The molecule has 11 heteroatoms. The van der Waals surface area contributed by atoms with E-state index in [1.807, 2.05) is 30.3 Å². The Balaban J connectivity index is 1.43. The van der Waals surface area contributed by atoms with E-state index < -0.39 is 12.5 Å². The van der Waals surface area contributed by atoms with E-state index in [0.717, 1.165) is 24.1 Å². The van der Waals surface area contributed by atoms with Gasteiger partial charge in [-0.1, -0.05) is 30.3 Å². The molecule has 38 heavy (non-hydrogen) atoms. The molecule has 1 aliphatic rings. The fraction of sp³-hybridized carbons (Fsp3) is 0.185. The fourth-order valence-electron chi connectivity index (χ4n) is 4.25. The van der Waals surface area contributed by atoms with E-state index in [0.29, 0.717) is 22.9 Å². The van der Waals surface area contributed by atoms with Gasteiger partial charge in [0, 0.05) is 48.2 Å². The summed E-state index contributed by atoms with van der Waals surface area (Å²) in [5, 5.41) is 7.18. The summed E-state index contributed by atoms with van der Waals surface area (Å²) in [5.74, 6) is -0.625. The number of halogens is 2. The van der Waals surface area contributed by atoms with Crippen LogP contribution >= 0.6 is 0 Å². The number of nitrogens with one attached hydrogen (secondary N) is 1. The fourth-order valence-corrected chi connectivity index (χ4v) is 4.25. The molecular weight excluding hydrogens is 492 g/mol. The zero-order valence-corrected chi connectivity index (χ0v) is 20.2. The Morgan fingerprint density at radius 2 is 1.89 bits per heavy atom. The maximum absolute atomic E-state index is 13.3. The number of hydrogen-bond donors (Lipinski definition) is 1. The van der Waals surface area contributed by atoms with Crippen LogP contribution in [0.2, 0.25) is 0 Å². The number of carbonyl (C=O) groups is 1. The van der Waals surface area contributed by atoms with Crippen molar-refractivity contribution < 1.29 is 18.3 Å². The van der Waals surface area contributed by atoms with Crippen molar-refractivity contribution in [3.63, 3.8) is 0 Å². The minimum absolute atomic E-state index is 0.185. The molecule has 190 valence electrons. The highest BCUT2D eigenvalue weighted by molar-refractivity contribution is 6.05. The zero-order chi connectivity index (χ0) is 26.2. The largest absolute Gasteiger partial charge is 0.431 e. The highest BCUT2D eigenvalue weighted by Crippen LogP contribution is 2.39. The number of alkyl halides is 2. The van der Waals surface area contributed by atoms with Crippen LogP contribution in [0.1, 0.15) is 34.8 Å². The first-order valence-electron chi connectivity index (χ1n) is 11.9. The van der Waals surface area contributed by atoms with Crippen molar-refractivity contribution >= 4 is 22.8 Å². The lowest BCUT2D eigenvalue weighted by molar-refractivity contribution is -0.0494. The summed E-state index contributed by atoms with van der Waals surface area (Å²) in [6.45, 7) is -3.13. The molecule has 1 saturated carbocycles. The molecule has 1 aromatic carbocycles. The third-order valence-electron chi connectivity index (χ3n) is 6.20. The standard InChI is InChI=1S/C27H21F2N7O2/c1-36-13-18(22(35-36)16-5-3-2-4-6-16)23-24-20(31-14-32-23)11-21(38-27(28)29)25(33-24)34-26(37)17-9-10-19(30-12-17)15-7-8-15/h2-6,9-15,27H,7-8H2,1H3,(H,33,34,37).